The summed E-state index contributed by atoms with van der Waals surface area (Å²) in [5.41, 5.74) is 0. The highest BCUT2D eigenvalue weighted by Crippen LogP contribution is 2.20. The van der Waals surface area contributed by atoms with E-state index >= 15 is 0 Å². The lowest BCUT2D eigenvalue weighted by Crippen LogP contribution is -2.39. The molecule has 2 aliphatic heterocycles. The van der Waals surface area contributed by atoms with E-state index in [0.29, 0.717) is 5.91 Å². The average Bonchev–Trinajstić information content (AvgIpc) is 2.46. The van der Waals surface area contributed by atoms with E-state index in [0.717, 1.165) is 50.9 Å². The van der Waals surface area contributed by atoms with Crippen LogP contribution in [0.25, 0.3) is 0 Å². The number of nitrogens with zero attached hydrogens (tertiary/aromatic N) is 1. The Morgan fingerprint density at radius 3 is 2.75 bits per heavy atom. The Kier molecular flexibility index (Phi) is 4.22. The molecule has 2 fully saturated rings. The summed E-state index contributed by atoms with van der Waals surface area (Å²) in [4.78, 5) is 14.1. The fourth-order valence-electron chi connectivity index (χ4n) is 2.74. The SMILES string of the molecule is CC1CCC(=O)N(CC2CCNCC2)CC1. The topological polar surface area (TPSA) is 32.3 Å². The van der Waals surface area contributed by atoms with Crippen LogP contribution >= 0.6 is 0 Å². The number of hydrogen-bond acceptors (Lipinski definition) is 2. The van der Waals surface area contributed by atoms with Gasteiger partial charge in [0, 0.05) is 19.5 Å². The Bertz CT molecular complexity index is 236. The highest BCUT2D eigenvalue weighted by molar-refractivity contribution is 5.76. The van der Waals surface area contributed by atoms with Crippen molar-refractivity contribution in [1.29, 1.82) is 0 Å². The smallest absolute Gasteiger partial charge is 0.222 e. The van der Waals surface area contributed by atoms with Crippen LogP contribution in [0.2, 0.25) is 0 Å². The van der Waals surface area contributed by atoms with Crippen LogP contribution in [0, 0.1) is 11.8 Å². The van der Waals surface area contributed by atoms with Crippen molar-refractivity contribution >= 4 is 5.91 Å². The van der Waals surface area contributed by atoms with Gasteiger partial charge in [0.1, 0.15) is 0 Å². The molecule has 2 saturated heterocycles. The Labute approximate surface area is 98.6 Å². The number of piperidine rings is 1. The first-order chi connectivity index (χ1) is 7.75. The third-order valence-electron chi connectivity index (χ3n) is 4.03. The highest BCUT2D eigenvalue weighted by atomic mass is 16.2. The van der Waals surface area contributed by atoms with Crippen molar-refractivity contribution in [2.75, 3.05) is 26.2 Å². The van der Waals surface area contributed by atoms with Gasteiger partial charge in [0.05, 0.1) is 0 Å². The van der Waals surface area contributed by atoms with E-state index in [4.69, 9.17) is 0 Å². The van der Waals surface area contributed by atoms with E-state index in [1.807, 2.05) is 0 Å². The summed E-state index contributed by atoms with van der Waals surface area (Å²) in [6.07, 6.45) is 5.52. The van der Waals surface area contributed by atoms with E-state index in [9.17, 15) is 4.79 Å². The average molecular weight is 224 g/mol. The lowest BCUT2D eigenvalue weighted by Gasteiger charge is -2.29. The van der Waals surface area contributed by atoms with Gasteiger partial charge in [0.25, 0.3) is 0 Å². The molecule has 2 aliphatic rings. The maximum atomic E-state index is 11.9. The molecule has 0 radical (unpaired) electrons. The van der Waals surface area contributed by atoms with Crippen molar-refractivity contribution < 1.29 is 4.79 Å². The van der Waals surface area contributed by atoms with Gasteiger partial charge < -0.3 is 10.2 Å². The second kappa shape index (κ2) is 5.67. The second-order valence-corrected chi connectivity index (χ2v) is 5.47. The van der Waals surface area contributed by atoms with Crippen LogP contribution < -0.4 is 5.32 Å². The van der Waals surface area contributed by atoms with Crippen molar-refractivity contribution in [3.8, 4) is 0 Å². The highest BCUT2D eigenvalue weighted by Gasteiger charge is 2.23. The van der Waals surface area contributed by atoms with Crippen LogP contribution in [0.1, 0.15) is 39.0 Å². The number of likely N-dealkylation sites (tertiary alicyclic amines) is 1. The van der Waals surface area contributed by atoms with Crippen LogP contribution in [0.15, 0.2) is 0 Å². The third kappa shape index (κ3) is 3.21. The predicted octanol–water partition coefficient (Wildman–Crippen LogP) is 1.63. The molecule has 2 rings (SSSR count). The summed E-state index contributed by atoms with van der Waals surface area (Å²) >= 11 is 0. The summed E-state index contributed by atoms with van der Waals surface area (Å²) in [6.45, 7) is 6.52. The molecule has 1 amide bonds. The lowest BCUT2D eigenvalue weighted by atomic mass is 9.97. The number of amides is 1. The van der Waals surface area contributed by atoms with Crippen molar-refractivity contribution in [2.24, 2.45) is 11.8 Å². The van der Waals surface area contributed by atoms with Crippen molar-refractivity contribution in [2.45, 2.75) is 39.0 Å². The van der Waals surface area contributed by atoms with Crippen molar-refractivity contribution in [3.05, 3.63) is 0 Å². The quantitative estimate of drug-likeness (QED) is 0.773. The Morgan fingerprint density at radius 1 is 1.25 bits per heavy atom. The van der Waals surface area contributed by atoms with Gasteiger partial charge in [-0.05, 0) is 50.6 Å². The molecule has 3 heteroatoms. The summed E-state index contributed by atoms with van der Waals surface area (Å²) in [6, 6.07) is 0. The first-order valence-corrected chi connectivity index (χ1v) is 6.74. The summed E-state index contributed by atoms with van der Waals surface area (Å²) in [7, 11) is 0. The predicted molar refractivity (Wildman–Crippen MR) is 65.2 cm³/mol. The monoisotopic (exact) mass is 224 g/mol. The Balaban J connectivity index is 1.84. The van der Waals surface area contributed by atoms with Gasteiger partial charge in [-0.2, -0.15) is 0 Å². The van der Waals surface area contributed by atoms with Gasteiger partial charge in [-0.1, -0.05) is 6.92 Å². The fraction of sp³-hybridized carbons (Fsp3) is 0.923. The molecular weight excluding hydrogens is 200 g/mol. The van der Waals surface area contributed by atoms with E-state index < -0.39 is 0 Å². The molecule has 0 aromatic rings. The maximum absolute atomic E-state index is 11.9. The molecule has 92 valence electrons. The van der Waals surface area contributed by atoms with Gasteiger partial charge in [-0.25, -0.2) is 0 Å². The molecule has 3 nitrogen and oxygen atoms in total. The molecule has 2 heterocycles. The van der Waals surface area contributed by atoms with E-state index in [1.54, 1.807) is 0 Å². The molecule has 0 bridgehead atoms. The van der Waals surface area contributed by atoms with Crippen LogP contribution in [-0.4, -0.2) is 37.0 Å². The second-order valence-electron chi connectivity index (χ2n) is 5.47. The zero-order valence-electron chi connectivity index (χ0n) is 10.4. The molecule has 0 aliphatic carbocycles. The van der Waals surface area contributed by atoms with E-state index in [1.165, 1.54) is 19.3 Å². The molecule has 1 atom stereocenters. The number of nitrogens with one attached hydrogen (secondary N) is 1. The van der Waals surface area contributed by atoms with Crippen LogP contribution in [0.5, 0.6) is 0 Å². The minimum absolute atomic E-state index is 0.392. The van der Waals surface area contributed by atoms with Crippen molar-refractivity contribution in [3.63, 3.8) is 0 Å². The largest absolute Gasteiger partial charge is 0.342 e. The number of carbonyl (C=O) groups is 1. The van der Waals surface area contributed by atoms with Gasteiger partial charge in [-0.15, -0.1) is 0 Å². The first-order valence-electron chi connectivity index (χ1n) is 6.74. The molecule has 1 N–H and O–H groups in total. The van der Waals surface area contributed by atoms with Crippen LogP contribution in [-0.2, 0) is 4.79 Å². The van der Waals surface area contributed by atoms with Gasteiger partial charge in [0.15, 0.2) is 0 Å². The zero-order chi connectivity index (χ0) is 11.4. The Hall–Kier alpha value is -0.570. The van der Waals surface area contributed by atoms with E-state index in [-0.39, 0.29) is 0 Å². The molecule has 16 heavy (non-hydrogen) atoms. The molecule has 0 spiro atoms. The molecule has 0 aromatic heterocycles. The number of rotatable bonds is 2. The number of carbonyl (C=O) groups excluding carboxylic acids is 1. The first kappa shape index (κ1) is 11.9. The minimum Gasteiger partial charge on any atom is -0.342 e. The molecule has 1 unspecified atom stereocenters. The van der Waals surface area contributed by atoms with E-state index in [2.05, 4.69) is 17.1 Å². The van der Waals surface area contributed by atoms with Crippen LogP contribution in [0.4, 0.5) is 0 Å². The summed E-state index contributed by atoms with van der Waals surface area (Å²) in [5.74, 6) is 1.85. The molecule has 0 saturated carbocycles. The standard InChI is InChI=1S/C13H24N2O/c1-11-2-3-13(16)15(9-6-11)10-12-4-7-14-8-5-12/h11-12,14H,2-10H2,1H3. The summed E-state index contributed by atoms with van der Waals surface area (Å²) < 4.78 is 0. The normalized spacial score (nSPS) is 29.2. The van der Waals surface area contributed by atoms with Crippen molar-refractivity contribution in [1.82, 2.24) is 10.2 Å². The lowest BCUT2D eigenvalue weighted by molar-refractivity contribution is -0.131. The summed E-state index contributed by atoms with van der Waals surface area (Å²) in [5, 5.41) is 3.38. The molecule has 0 aromatic carbocycles. The van der Waals surface area contributed by atoms with Gasteiger partial charge in [-0.3, -0.25) is 4.79 Å². The molecular formula is C13H24N2O. The van der Waals surface area contributed by atoms with Gasteiger partial charge >= 0.3 is 0 Å². The Morgan fingerprint density at radius 2 is 2.00 bits per heavy atom. The van der Waals surface area contributed by atoms with Gasteiger partial charge in [0.2, 0.25) is 5.91 Å². The zero-order valence-corrected chi connectivity index (χ0v) is 10.4. The number of hydrogen-bond donors (Lipinski definition) is 1. The minimum atomic E-state index is 0.392. The van der Waals surface area contributed by atoms with Crippen LogP contribution in [0.3, 0.4) is 0 Å². The maximum Gasteiger partial charge on any atom is 0.222 e. The fourth-order valence-corrected chi connectivity index (χ4v) is 2.74. The third-order valence-corrected chi connectivity index (χ3v) is 4.03.